The number of halogens is 1. The lowest BCUT2D eigenvalue weighted by atomic mass is 9.84. The maximum atomic E-state index is 10.9. The third-order valence-corrected chi connectivity index (χ3v) is 4.80. The van der Waals surface area contributed by atoms with Crippen molar-refractivity contribution in [3.63, 3.8) is 0 Å². The van der Waals surface area contributed by atoms with Gasteiger partial charge in [-0.05, 0) is 45.3 Å². The predicted molar refractivity (Wildman–Crippen MR) is 82.7 cm³/mol. The first-order valence-electron chi connectivity index (χ1n) is 7.33. The standard InChI is InChI=1S/C15H24ClN3O/c1-3-15(2,19-7-5-4-6-8-19)13(20)12-9-11(16)10-18-14(12)17/h9-10,13,20H,3-8H2,1-2H3,(H2,17,18). The van der Waals surface area contributed by atoms with Gasteiger partial charge in [0.1, 0.15) is 11.9 Å². The number of nitrogens with zero attached hydrogens (tertiary/aromatic N) is 2. The molecule has 1 fully saturated rings. The molecule has 0 aromatic carbocycles. The van der Waals surface area contributed by atoms with Crippen LogP contribution in [0.5, 0.6) is 0 Å². The fraction of sp³-hybridized carbons (Fsp3) is 0.667. The molecule has 0 radical (unpaired) electrons. The predicted octanol–water partition coefficient (Wildman–Crippen LogP) is 3.01. The van der Waals surface area contributed by atoms with Crippen molar-refractivity contribution in [2.24, 2.45) is 0 Å². The van der Waals surface area contributed by atoms with Gasteiger partial charge in [0.05, 0.1) is 5.02 Å². The number of nitrogens with two attached hydrogens (primary N) is 1. The van der Waals surface area contributed by atoms with Crippen molar-refractivity contribution in [2.45, 2.75) is 51.2 Å². The zero-order valence-electron chi connectivity index (χ0n) is 12.3. The molecule has 0 amide bonds. The van der Waals surface area contributed by atoms with Gasteiger partial charge in [-0.15, -0.1) is 0 Å². The first-order chi connectivity index (χ1) is 9.49. The Bertz CT molecular complexity index is 462. The number of hydrogen-bond acceptors (Lipinski definition) is 4. The normalized spacial score (nSPS) is 21.4. The molecule has 2 unspecified atom stereocenters. The van der Waals surface area contributed by atoms with Crippen LogP contribution in [-0.2, 0) is 0 Å². The Kier molecular flexibility index (Phi) is 4.89. The smallest absolute Gasteiger partial charge is 0.129 e. The van der Waals surface area contributed by atoms with E-state index in [-0.39, 0.29) is 5.54 Å². The lowest BCUT2D eigenvalue weighted by molar-refractivity contribution is -0.0349. The quantitative estimate of drug-likeness (QED) is 0.897. The zero-order chi connectivity index (χ0) is 14.8. The van der Waals surface area contributed by atoms with E-state index in [4.69, 9.17) is 17.3 Å². The van der Waals surface area contributed by atoms with Gasteiger partial charge in [0.2, 0.25) is 0 Å². The van der Waals surface area contributed by atoms with Crippen LogP contribution < -0.4 is 5.73 Å². The van der Waals surface area contributed by atoms with Crippen molar-refractivity contribution in [3.8, 4) is 0 Å². The summed E-state index contributed by atoms with van der Waals surface area (Å²) in [7, 11) is 0. The molecule has 1 aliphatic rings. The Hall–Kier alpha value is -0.840. The average Bonchev–Trinajstić information content (AvgIpc) is 2.49. The van der Waals surface area contributed by atoms with E-state index in [0.29, 0.717) is 16.4 Å². The Morgan fingerprint density at radius 1 is 1.45 bits per heavy atom. The summed E-state index contributed by atoms with van der Waals surface area (Å²) < 4.78 is 0. The molecule has 2 atom stereocenters. The first kappa shape index (κ1) is 15.5. The summed E-state index contributed by atoms with van der Waals surface area (Å²) in [6.45, 7) is 6.25. The number of hydrogen-bond donors (Lipinski definition) is 2. The third kappa shape index (κ3) is 2.92. The van der Waals surface area contributed by atoms with Crippen LogP contribution in [0.2, 0.25) is 5.02 Å². The molecule has 0 bridgehead atoms. The number of piperidine rings is 1. The number of rotatable bonds is 4. The lowest BCUT2D eigenvalue weighted by Gasteiger charge is -2.46. The van der Waals surface area contributed by atoms with Crippen molar-refractivity contribution in [1.29, 1.82) is 0 Å². The summed E-state index contributed by atoms with van der Waals surface area (Å²) in [6, 6.07) is 1.73. The first-order valence-corrected chi connectivity index (χ1v) is 7.71. The monoisotopic (exact) mass is 297 g/mol. The average molecular weight is 298 g/mol. The van der Waals surface area contributed by atoms with E-state index in [0.717, 1.165) is 19.5 Å². The maximum Gasteiger partial charge on any atom is 0.129 e. The zero-order valence-corrected chi connectivity index (χ0v) is 13.0. The van der Waals surface area contributed by atoms with Crippen LogP contribution in [0.4, 0.5) is 5.82 Å². The van der Waals surface area contributed by atoms with E-state index in [9.17, 15) is 5.11 Å². The highest BCUT2D eigenvalue weighted by atomic mass is 35.5. The second-order valence-electron chi connectivity index (χ2n) is 5.79. The molecule has 1 saturated heterocycles. The van der Waals surface area contributed by atoms with Crippen molar-refractivity contribution < 1.29 is 5.11 Å². The minimum absolute atomic E-state index is 0.332. The van der Waals surface area contributed by atoms with Gasteiger partial charge < -0.3 is 10.8 Å². The summed E-state index contributed by atoms with van der Waals surface area (Å²) in [5.41, 5.74) is 6.22. The van der Waals surface area contributed by atoms with Crippen LogP contribution in [0.25, 0.3) is 0 Å². The highest BCUT2D eigenvalue weighted by Crippen LogP contribution is 2.38. The van der Waals surface area contributed by atoms with Crippen molar-refractivity contribution in [2.75, 3.05) is 18.8 Å². The van der Waals surface area contributed by atoms with Crippen molar-refractivity contribution >= 4 is 17.4 Å². The minimum atomic E-state index is -0.684. The summed E-state index contributed by atoms with van der Waals surface area (Å²) in [5, 5.41) is 11.4. The second kappa shape index (κ2) is 6.29. The highest BCUT2D eigenvalue weighted by molar-refractivity contribution is 6.30. The van der Waals surface area contributed by atoms with Gasteiger partial charge in [0.15, 0.2) is 0 Å². The summed E-state index contributed by atoms with van der Waals surface area (Å²) >= 11 is 6.00. The van der Waals surface area contributed by atoms with Gasteiger partial charge in [-0.2, -0.15) is 0 Å². The van der Waals surface area contributed by atoms with E-state index < -0.39 is 6.10 Å². The van der Waals surface area contributed by atoms with Gasteiger partial charge in [-0.1, -0.05) is 24.9 Å². The Morgan fingerprint density at radius 2 is 2.10 bits per heavy atom. The fourth-order valence-electron chi connectivity index (χ4n) is 3.01. The van der Waals surface area contributed by atoms with E-state index >= 15 is 0 Å². The number of likely N-dealkylation sites (tertiary alicyclic amines) is 1. The molecule has 1 aromatic heterocycles. The van der Waals surface area contributed by atoms with Crippen molar-refractivity contribution in [1.82, 2.24) is 9.88 Å². The number of pyridine rings is 1. The molecule has 1 aromatic rings. The van der Waals surface area contributed by atoms with E-state index in [1.165, 1.54) is 25.5 Å². The van der Waals surface area contributed by atoms with Gasteiger partial charge >= 0.3 is 0 Å². The second-order valence-corrected chi connectivity index (χ2v) is 6.23. The van der Waals surface area contributed by atoms with Crippen LogP contribution >= 0.6 is 11.6 Å². The number of nitrogen functional groups attached to an aromatic ring is 1. The molecule has 4 nitrogen and oxygen atoms in total. The molecular formula is C15H24ClN3O. The van der Waals surface area contributed by atoms with Crippen LogP contribution in [0.3, 0.4) is 0 Å². The van der Waals surface area contributed by atoms with Gasteiger partial charge in [0.25, 0.3) is 0 Å². The number of aliphatic hydroxyl groups is 1. The van der Waals surface area contributed by atoms with Gasteiger partial charge in [-0.25, -0.2) is 4.98 Å². The fourth-order valence-corrected chi connectivity index (χ4v) is 3.18. The molecule has 0 spiro atoms. The summed E-state index contributed by atoms with van der Waals surface area (Å²) in [4.78, 5) is 6.44. The Balaban J connectivity index is 2.31. The van der Waals surface area contributed by atoms with E-state index in [1.54, 1.807) is 6.07 Å². The molecular weight excluding hydrogens is 274 g/mol. The number of aliphatic hydroxyl groups excluding tert-OH is 1. The van der Waals surface area contributed by atoms with E-state index in [2.05, 4.69) is 23.7 Å². The molecule has 2 heterocycles. The molecule has 2 rings (SSSR count). The third-order valence-electron chi connectivity index (χ3n) is 4.59. The molecule has 1 aliphatic heterocycles. The minimum Gasteiger partial charge on any atom is -0.386 e. The van der Waals surface area contributed by atoms with Crippen LogP contribution in [0.1, 0.15) is 51.2 Å². The van der Waals surface area contributed by atoms with Gasteiger partial charge in [0, 0.05) is 17.3 Å². The van der Waals surface area contributed by atoms with Gasteiger partial charge in [-0.3, -0.25) is 4.90 Å². The Morgan fingerprint density at radius 3 is 2.70 bits per heavy atom. The number of aromatic nitrogens is 1. The molecule has 112 valence electrons. The lowest BCUT2D eigenvalue weighted by Crippen LogP contribution is -2.52. The number of anilines is 1. The molecule has 0 saturated carbocycles. The summed E-state index contributed by atoms with van der Waals surface area (Å²) in [6.07, 6.45) is 5.32. The van der Waals surface area contributed by atoms with Crippen LogP contribution in [-0.4, -0.2) is 33.6 Å². The maximum absolute atomic E-state index is 10.9. The topological polar surface area (TPSA) is 62.4 Å². The molecule has 0 aliphatic carbocycles. The van der Waals surface area contributed by atoms with Crippen molar-refractivity contribution in [3.05, 3.63) is 22.8 Å². The summed E-state index contributed by atoms with van der Waals surface area (Å²) in [5.74, 6) is 0.360. The molecule has 5 heteroatoms. The van der Waals surface area contributed by atoms with Crippen LogP contribution in [0, 0.1) is 0 Å². The largest absolute Gasteiger partial charge is 0.386 e. The molecule has 3 N–H and O–H groups in total. The highest BCUT2D eigenvalue weighted by Gasteiger charge is 2.39. The van der Waals surface area contributed by atoms with Crippen LogP contribution in [0.15, 0.2) is 12.3 Å². The molecule has 20 heavy (non-hydrogen) atoms. The van der Waals surface area contributed by atoms with E-state index in [1.807, 2.05) is 0 Å². The Labute approximate surface area is 125 Å². The SMILES string of the molecule is CCC(C)(C(O)c1cc(Cl)cnc1N)N1CCCCC1.